The summed E-state index contributed by atoms with van der Waals surface area (Å²) >= 11 is 0. The van der Waals surface area contributed by atoms with E-state index in [2.05, 4.69) is 26.3 Å². The Bertz CT molecular complexity index is 1400. The molecule has 0 spiro atoms. The fourth-order valence-electron chi connectivity index (χ4n) is 4.88. The highest BCUT2D eigenvalue weighted by molar-refractivity contribution is 5.87. The predicted molar refractivity (Wildman–Crippen MR) is 211 cm³/mol. The number of hydrogen-bond acceptors (Lipinski definition) is 17. The van der Waals surface area contributed by atoms with Crippen LogP contribution in [-0.4, -0.2) is 118 Å². The van der Waals surface area contributed by atoms with Gasteiger partial charge in [-0.05, 0) is 91.1 Å². The second-order valence-electron chi connectivity index (χ2n) is 14.1. The summed E-state index contributed by atoms with van der Waals surface area (Å²) in [6.07, 6.45) is -2.55. The Hall–Kier alpha value is -4.42. The van der Waals surface area contributed by atoms with Gasteiger partial charge in [0.15, 0.2) is 18.5 Å². The topological polar surface area (TPSA) is 215 Å². The van der Waals surface area contributed by atoms with Gasteiger partial charge in [-0.3, -0.25) is 14.4 Å². The number of aliphatic hydroxyl groups is 1. The van der Waals surface area contributed by atoms with Crippen LogP contribution in [0.5, 0.6) is 0 Å². The molecule has 0 aromatic rings. The first kappa shape index (κ1) is 52.6. The summed E-state index contributed by atoms with van der Waals surface area (Å²) in [5, 5.41) is 9.80. The van der Waals surface area contributed by atoms with Crippen molar-refractivity contribution in [1.29, 1.82) is 0 Å². The standard InChI is InChI=1S/C42H64O17/c1-28(2)38(46)51-22-14-9-13-21-50-27-56-36-32(57-33(43)18-10-15-23-52-39(47)29(3)4)26-55-42(59-35(45)20-12-17-25-54-41(49)31(7)8)37(36)58-34(44)19-11-16-24-53-40(48)30(5)6/h32,36-37,40,42,48H,1,3,5,7,9-27H2,2,4,6,8H3/t32-,36+,37-,40?,42?/m1/s1. The second-order valence-corrected chi connectivity index (χ2v) is 14.1. The molecule has 1 rings (SSSR count). The van der Waals surface area contributed by atoms with Crippen LogP contribution in [0.1, 0.15) is 105 Å². The predicted octanol–water partition coefficient (Wildman–Crippen LogP) is 5.02. The highest BCUT2D eigenvalue weighted by atomic mass is 16.7. The van der Waals surface area contributed by atoms with Crippen molar-refractivity contribution in [2.24, 2.45) is 0 Å². The maximum absolute atomic E-state index is 13.2. The van der Waals surface area contributed by atoms with Crippen LogP contribution in [0.25, 0.3) is 0 Å². The summed E-state index contributed by atoms with van der Waals surface area (Å²) in [5.41, 5.74) is 1.26. The molecule has 1 N–H and O–H groups in total. The van der Waals surface area contributed by atoms with Gasteiger partial charge in [-0.2, -0.15) is 0 Å². The summed E-state index contributed by atoms with van der Waals surface area (Å²) in [7, 11) is 0. The van der Waals surface area contributed by atoms with Crippen LogP contribution in [0, 0.1) is 0 Å². The first-order chi connectivity index (χ1) is 28.0. The number of ether oxygens (including phenoxy) is 10. The Morgan fingerprint density at radius 1 is 0.576 bits per heavy atom. The molecule has 59 heavy (non-hydrogen) atoms. The van der Waals surface area contributed by atoms with Crippen molar-refractivity contribution in [1.82, 2.24) is 0 Å². The van der Waals surface area contributed by atoms with Gasteiger partial charge in [0.25, 0.3) is 0 Å². The Labute approximate surface area is 347 Å². The molecule has 0 aromatic carbocycles. The van der Waals surface area contributed by atoms with Crippen LogP contribution in [0.4, 0.5) is 0 Å². The maximum atomic E-state index is 13.2. The molecule has 1 fully saturated rings. The van der Waals surface area contributed by atoms with Crippen LogP contribution < -0.4 is 0 Å². The number of rotatable bonds is 32. The van der Waals surface area contributed by atoms with Crippen molar-refractivity contribution < 1.29 is 81.2 Å². The van der Waals surface area contributed by atoms with Crippen LogP contribution in [0.2, 0.25) is 0 Å². The zero-order chi connectivity index (χ0) is 44.2. The lowest BCUT2D eigenvalue weighted by Crippen LogP contribution is -2.58. The van der Waals surface area contributed by atoms with E-state index in [9.17, 15) is 33.9 Å². The third-order valence-corrected chi connectivity index (χ3v) is 8.23. The molecule has 1 aliphatic heterocycles. The molecule has 0 amide bonds. The van der Waals surface area contributed by atoms with E-state index in [0.717, 1.165) is 0 Å². The maximum Gasteiger partial charge on any atom is 0.333 e. The van der Waals surface area contributed by atoms with Gasteiger partial charge in [0, 0.05) is 42.6 Å². The Balaban J connectivity index is 3.04. The average Bonchev–Trinajstić information content (AvgIpc) is 3.17. The van der Waals surface area contributed by atoms with Gasteiger partial charge < -0.3 is 52.5 Å². The molecular formula is C42H64O17. The summed E-state index contributed by atoms with van der Waals surface area (Å²) in [6, 6.07) is 0. The van der Waals surface area contributed by atoms with Gasteiger partial charge in [0.1, 0.15) is 12.9 Å². The van der Waals surface area contributed by atoms with E-state index < -0.39 is 66.7 Å². The molecule has 2 unspecified atom stereocenters. The van der Waals surface area contributed by atoms with Gasteiger partial charge in [0.2, 0.25) is 6.29 Å². The molecular weight excluding hydrogens is 776 g/mol. The number of carbonyl (C=O) groups is 6. The quantitative estimate of drug-likeness (QED) is 0.0235. The summed E-state index contributed by atoms with van der Waals surface area (Å²) in [5.74, 6) is -3.55. The summed E-state index contributed by atoms with van der Waals surface area (Å²) < 4.78 is 55.2. The van der Waals surface area contributed by atoms with Gasteiger partial charge in [-0.1, -0.05) is 26.3 Å². The highest BCUT2D eigenvalue weighted by Crippen LogP contribution is 2.27. The average molecular weight is 841 g/mol. The Kier molecular flexibility index (Phi) is 27.3. The zero-order valence-corrected chi connectivity index (χ0v) is 35.1. The number of hydrogen-bond donors (Lipinski definition) is 1. The molecule has 0 saturated carbocycles. The van der Waals surface area contributed by atoms with E-state index in [1.807, 2.05) is 0 Å². The molecule has 0 aromatic heterocycles. The number of carbonyl (C=O) groups excluding carboxylic acids is 6. The van der Waals surface area contributed by atoms with E-state index in [-0.39, 0.29) is 76.8 Å². The molecule has 1 heterocycles. The smallest absolute Gasteiger partial charge is 0.333 e. The molecule has 334 valence electrons. The first-order valence-corrected chi connectivity index (χ1v) is 19.9. The molecule has 17 heteroatoms. The van der Waals surface area contributed by atoms with E-state index >= 15 is 0 Å². The van der Waals surface area contributed by atoms with E-state index in [1.165, 1.54) is 13.8 Å². The molecule has 0 bridgehead atoms. The molecule has 1 saturated heterocycles. The van der Waals surface area contributed by atoms with Gasteiger partial charge in [-0.25, -0.2) is 14.4 Å². The van der Waals surface area contributed by atoms with Gasteiger partial charge in [0.05, 0.1) is 33.0 Å². The van der Waals surface area contributed by atoms with Crippen LogP contribution in [0.15, 0.2) is 48.6 Å². The van der Waals surface area contributed by atoms with Crippen molar-refractivity contribution in [2.45, 2.75) is 136 Å². The lowest BCUT2D eigenvalue weighted by Gasteiger charge is -2.40. The van der Waals surface area contributed by atoms with Crippen molar-refractivity contribution in [3.8, 4) is 0 Å². The molecule has 17 nitrogen and oxygen atoms in total. The van der Waals surface area contributed by atoms with Crippen LogP contribution in [0.3, 0.4) is 0 Å². The molecule has 0 aliphatic carbocycles. The van der Waals surface area contributed by atoms with Crippen molar-refractivity contribution in [2.75, 3.05) is 46.4 Å². The van der Waals surface area contributed by atoms with Crippen LogP contribution >= 0.6 is 0 Å². The van der Waals surface area contributed by atoms with Crippen molar-refractivity contribution in [3.05, 3.63) is 48.6 Å². The minimum Gasteiger partial charge on any atom is -0.462 e. The summed E-state index contributed by atoms with van der Waals surface area (Å²) in [4.78, 5) is 74.0. The normalized spacial score (nSPS) is 17.8. The third kappa shape index (κ3) is 24.3. The number of unbranched alkanes of at least 4 members (excludes halogenated alkanes) is 5. The van der Waals surface area contributed by atoms with Crippen molar-refractivity contribution >= 4 is 35.8 Å². The van der Waals surface area contributed by atoms with E-state index in [1.54, 1.807) is 13.8 Å². The molecule has 1 aliphatic rings. The first-order valence-electron chi connectivity index (χ1n) is 19.9. The summed E-state index contributed by atoms with van der Waals surface area (Å²) in [6.45, 7) is 20.6. The SMILES string of the molecule is C=C(C)C(=O)OCCCCCOCO[C@H]1[C@H](OC(=O)CCCCOC(=O)C(=C)C)COC(OC(=O)CCCCOC(=O)C(=C)C)[C@@H]1OC(=O)CCCCOC(O)C(=C)C. The Morgan fingerprint density at radius 2 is 1.02 bits per heavy atom. The van der Waals surface area contributed by atoms with Gasteiger partial charge in [-0.15, -0.1) is 0 Å². The monoisotopic (exact) mass is 840 g/mol. The minimum atomic E-state index is -1.45. The minimum absolute atomic E-state index is 0.0429. The van der Waals surface area contributed by atoms with E-state index in [4.69, 9.17) is 47.4 Å². The number of esters is 6. The third-order valence-electron chi connectivity index (χ3n) is 8.23. The van der Waals surface area contributed by atoms with E-state index in [0.29, 0.717) is 68.9 Å². The molecule has 5 atom stereocenters. The highest BCUT2D eigenvalue weighted by Gasteiger charge is 2.48. The fourth-order valence-corrected chi connectivity index (χ4v) is 4.88. The fraction of sp³-hybridized carbons (Fsp3) is 0.667. The largest absolute Gasteiger partial charge is 0.462 e. The second kappa shape index (κ2) is 30.6. The Morgan fingerprint density at radius 3 is 1.51 bits per heavy atom. The molecule has 0 radical (unpaired) electrons. The lowest BCUT2D eigenvalue weighted by molar-refractivity contribution is -0.288. The number of aliphatic hydroxyl groups excluding tert-OH is 1. The lowest BCUT2D eigenvalue weighted by atomic mass is 10.0. The van der Waals surface area contributed by atoms with Gasteiger partial charge >= 0.3 is 35.8 Å². The van der Waals surface area contributed by atoms with Crippen LogP contribution in [-0.2, 0) is 76.1 Å². The van der Waals surface area contributed by atoms with Crippen molar-refractivity contribution in [3.63, 3.8) is 0 Å². The zero-order valence-electron chi connectivity index (χ0n) is 35.1.